The Hall–Kier alpha value is -3.06. The third-order valence-electron chi connectivity index (χ3n) is 6.42. The first-order valence-corrected chi connectivity index (χ1v) is 11.1. The van der Waals surface area contributed by atoms with Gasteiger partial charge in [0, 0.05) is 0 Å². The smallest absolute Gasteiger partial charge is 0.119 e. The third kappa shape index (κ3) is 3.19. The zero-order valence-corrected chi connectivity index (χ0v) is 17.9. The number of benzene rings is 5. The summed E-state index contributed by atoms with van der Waals surface area (Å²) in [4.78, 5) is 0. The number of hydrogen-bond acceptors (Lipinski definition) is 1. The molecule has 5 aromatic rings. The van der Waals surface area contributed by atoms with E-state index in [1.807, 2.05) is 0 Å². The van der Waals surface area contributed by atoms with Crippen molar-refractivity contribution in [1.82, 2.24) is 0 Å². The van der Waals surface area contributed by atoms with Gasteiger partial charge in [0.15, 0.2) is 0 Å². The summed E-state index contributed by atoms with van der Waals surface area (Å²) in [6, 6.07) is 26.8. The molecule has 1 nitrogen and oxygen atoms in total. The lowest BCUT2D eigenvalue weighted by molar-refractivity contribution is 0.415. The minimum atomic E-state index is 0.909. The maximum atomic E-state index is 5.57. The Morgan fingerprint density at radius 1 is 0.633 bits per heavy atom. The van der Waals surface area contributed by atoms with Crippen LogP contribution in [-0.2, 0) is 6.42 Å². The fraction of sp³-hybridized carbons (Fsp3) is 0.241. The first-order valence-electron chi connectivity index (χ1n) is 11.1. The average molecular weight is 393 g/mol. The van der Waals surface area contributed by atoms with Crippen molar-refractivity contribution in [2.24, 2.45) is 0 Å². The molecule has 0 radical (unpaired) electrons. The molecule has 30 heavy (non-hydrogen) atoms. The topological polar surface area (TPSA) is 9.23 Å². The molecule has 0 unspecified atom stereocenters. The molecule has 1 heteroatoms. The lowest BCUT2D eigenvalue weighted by atomic mass is 9.89. The Labute approximate surface area is 178 Å². The van der Waals surface area contributed by atoms with Gasteiger partial charge in [-0.3, -0.25) is 0 Å². The van der Waals surface area contributed by atoms with Gasteiger partial charge in [-0.2, -0.15) is 0 Å². The Bertz CT molecular complexity index is 1360. The zero-order chi connectivity index (χ0) is 20.5. The molecule has 0 amide bonds. The number of rotatable bonds is 6. The minimum Gasteiger partial charge on any atom is -0.497 e. The quantitative estimate of drug-likeness (QED) is 0.208. The molecule has 0 fully saturated rings. The van der Waals surface area contributed by atoms with Crippen LogP contribution in [0.2, 0.25) is 0 Å². The summed E-state index contributed by atoms with van der Waals surface area (Å²) < 4.78 is 5.57. The van der Waals surface area contributed by atoms with Crippen LogP contribution in [0, 0.1) is 0 Å². The number of unbranched alkanes of at least 4 members (excludes halogenated alkanes) is 3. The van der Waals surface area contributed by atoms with E-state index in [2.05, 4.69) is 79.7 Å². The maximum Gasteiger partial charge on any atom is 0.119 e. The van der Waals surface area contributed by atoms with E-state index in [0.29, 0.717) is 0 Å². The molecule has 0 saturated carbocycles. The fourth-order valence-corrected chi connectivity index (χ4v) is 4.86. The predicted molar refractivity (Wildman–Crippen MR) is 131 cm³/mol. The summed E-state index contributed by atoms with van der Waals surface area (Å²) in [7, 11) is 1.74. The monoisotopic (exact) mass is 392 g/mol. The largest absolute Gasteiger partial charge is 0.497 e. The lowest BCUT2D eigenvalue weighted by Gasteiger charge is -2.15. The molecule has 0 aliphatic carbocycles. The van der Waals surface area contributed by atoms with Gasteiger partial charge in [0.05, 0.1) is 7.11 Å². The standard InChI is InChI=1S/C29H28O/c1-3-4-5-6-10-22-18-23-13-12-21-14-16-24(30-2)19-27(21)28(23)29-25-11-8-7-9-20(25)15-17-26(22)29/h7-9,11-19H,3-6,10H2,1-2H3. The van der Waals surface area contributed by atoms with E-state index in [0.717, 1.165) is 12.2 Å². The van der Waals surface area contributed by atoms with Crippen LogP contribution < -0.4 is 4.74 Å². The summed E-state index contributed by atoms with van der Waals surface area (Å²) in [5.41, 5.74) is 1.47. The molecule has 0 saturated heterocycles. The molecule has 0 aromatic heterocycles. The molecule has 0 aliphatic rings. The highest BCUT2D eigenvalue weighted by Crippen LogP contribution is 2.39. The van der Waals surface area contributed by atoms with Gasteiger partial charge in [0.2, 0.25) is 0 Å². The van der Waals surface area contributed by atoms with Crippen LogP contribution in [0.15, 0.2) is 72.8 Å². The van der Waals surface area contributed by atoms with Crippen LogP contribution in [0.25, 0.3) is 43.1 Å². The molecular formula is C29H28O. The van der Waals surface area contributed by atoms with E-state index >= 15 is 0 Å². The summed E-state index contributed by atoms with van der Waals surface area (Å²) in [6.07, 6.45) is 6.29. The van der Waals surface area contributed by atoms with Gasteiger partial charge < -0.3 is 4.74 Å². The van der Waals surface area contributed by atoms with Crippen LogP contribution in [0.1, 0.15) is 38.2 Å². The van der Waals surface area contributed by atoms with Gasteiger partial charge in [-0.15, -0.1) is 0 Å². The molecule has 0 N–H and O–H groups in total. The van der Waals surface area contributed by atoms with Crippen molar-refractivity contribution in [2.75, 3.05) is 7.11 Å². The second-order valence-corrected chi connectivity index (χ2v) is 8.31. The van der Waals surface area contributed by atoms with Crippen LogP contribution in [-0.4, -0.2) is 7.11 Å². The molecule has 5 aromatic carbocycles. The summed E-state index contributed by atoms with van der Waals surface area (Å²) in [5.74, 6) is 0.909. The maximum absolute atomic E-state index is 5.57. The summed E-state index contributed by atoms with van der Waals surface area (Å²) >= 11 is 0. The lowest BCUT2D eigenvalue weighted by Crippen LogP contribution is -1.92. The van der Waals surface area contributed by atoms with Gasteiger partial charge in [-0.05, 0) is 73.6 Å². The number of aryl methyl sites for hydroxylation is 1. The van der Waals surface area contributed by atoms with E-state index in [1.165, 1.54) is 74.3 Å². The molecule has 0 aliphatic heterocycles. The van der Waals surface area contributed by atoms with Crippen LogP contribution in [0.3, 0.4) is 0 Å². The van der Waals surface area contributed by atoms with Crippen molar-refractivity contribution in [2.45, 2.75) is 39.0 Å². The highest BCUT2D eigenvalue weighted by Gasteiger charge is 2.13. The number of methoxy groups -OCH3 is 1. The first-order chi connectivity index (χ1) is 14.8. The first kappa shape index (κ1) is 18.9. The van der Waals surface area contributed by atoms with Crippen molar-refractivity contribution < 1.29 is 4.74 Å². The van der Waals surface area contributed by atoms with Crippen molar-refractivity contribution in [3.8, 4) is 5.75 Å². The Balaban J connectivity index is 1.88. The Morgan fingerprint density at radius 2 is 1.40 bits per heavy atom. The molecule has 0 atom stereocenters. The van der Waals surface area contributed by atoms with Crippen LogP contribution in [0.4, 0.5) is 0 Å². The minimum absolute atomic E-state index is 0.909. The Kier molecular flexibility index (Phi) is 5.04. The molecule has 5 rings (SSSR count). The van der Waals surface area contributed by atoms with E-state index < -0.39 is 0 Å². The normalized spacial score (nSPS) is 11.7. The number of hydrogen-bond donors (Lipinski definition) is 0. The third-order valence-corrected chi connectivity index (χ3v) is 6.42. The van der Waals surface area contributed by atoms with E-state index in [1.54, 1.807) is 7.11 Å². The fourth-order valence-electron chi connectivity index (χ4n) is 4.86. The van der Waals surface area contributed by atoms with Crippen LogP contribution in [0.5, 0.6) is 5.75 Å². The van der Waals surface area contributed by atoms with E-state index in [9.17, 15) is 0 Å². The van der Waals surface area contributed by atoms with Gasteiger partial charge in [0.1, 0.15) is 5.75 Å². The SMILES string of the molecule is CCCCCCc1cc2ccc3ccc(OC)cc3c2c2c1ccc1ccccc12. The number of ether oxygens (including phenoxy) is 1. The highest BCUT2D eigenvalue weighted by atomic mass is 16.5. The van der Waals surface area contributed by atoms with Gasteiger partial charge in [-0.25, -0.2) is 0 Å². The second kappa shape index (κ2) is 7.99. The van der Waals surface area contributed by atoms with Gasteiger partial charge in [-0.1, -0.05) is 86.8 Å². The number of fused-ring (bicyclic) bond motifs is 7. The molecule has 150 valence electrons. The molecular weight excluding hydrogens is 364 g/mol. The molecule has 0 spiro atoms. The van der Waals surface area contributed by atoms with Crippen molar-refractivity contribution in [3.05, 3.63) is 78.4 Å². The van der Waals surface area contributed by atoms with Gasteiger partial charge in [0.25, 0.3) is 0 Å². The zero-order valence-electron chi connectivity index (χ0n) is 17.9. The average Bonchev–Trinajstić information content (AvgIpc) is 2.80. The van der Waals surface area contributed by atoms with Gasteiger partial charge >= 0.3 is 0 Å². The second-order valence-electron chi connectivity index (χ2n) is 8.31. The van der Waals surface area contributed by atoms with E-state index in [-0.39, 0.29) is 0 Å². The van der Waals surface area contributed by atoms with Crippen LogP contribution >= 0.6 is 0 Å². The Morgan fingerprint density at radius 3 is 2.27 bits per heavy atom. The summed E-state index contributed by atoms with van der Waals surface area (Å²) in [6.45, 7) is 2.27. The highest BCUT2D eigenvalue weighted by molar-refractivity contribution is 6.28. The van der Waals surface area contributed by atoms with Crippen molar-refractivity contribution >= 4 is 43.1 Å². The van der Waals surface area contributed by atoms with E-state index in [4.69, 9.17) is 4.74 Å². The van der Waals surface area contributed by atoms with Crippen molar-refractivity contribution in [3.63, 3.8) is 0 Å². The molecule has 0 bridgehead atoms. The molecule has 0 heterocycles. The predicted octanol–water partition coefficient (Wildman–Crippen LogP) is 8.43. The van der Waals surface area contributed by atoms with Crippen molar-refractivity contribution in [1.29, 1.82) is 0 Å². The summed E-state index contributed by atoms with van der Waals surface area (Å²) in [5, 5.41) is 10.6.